The summed E-state index contributed by atoms with van der Waals surface area (Å²) < 4.78 is 35.7. The Morgan fingerprint density at radius 2 is 1.86 bits per heavy atom. The molecular weight excluding hydrogens is 586 g/mol. The van der Waals surface area contributed by atoms with Gasteiger partial charge in [-0.3, -0.25) is 9.59 Å². The number of carbonyl (C=O) groups is 2. The fourth-order valence-corrected chi connectivity index (χ4v) is 8.47. The van der Waals surface area contributed by atoms with E-state index in [2.05, 4.69) is 27.1 Å². The number of hydrogen-bond donors (Lipinski definition) is 2. The van der Waals surface area contributed by atoms with E-state index in [0.29, 0.717) is 60.6 Å². The summed E-state index contributed by atoms with van der Waals surface area (Å²) in [6.45, 7) is 2.39. The summed E-state index contributed by atoms with van der Waals surface area (Å²) >= 11 is 6.38. The minimum absolute atomic E-state index is 0.0139. The van der Waals surface area contributed by atoms with E-state index in [9.17, 15) is 18.0 Å². The smallest absolute Gasteiger partial charge is 0.264 e. The molecule has 2 amide bonds. The molecule has 4 aliphatic rings. The summed E-state index contributed by atoms with van der Waals surface area (Å²) in [7, 11) is -4.16. The Morgan fingerprint density at radius 3 is 2.70 bits per heavy atom. The summed E-state index contributed by atoms with van der Waals surface area (Å²) in [6.07, 6.45) is 4.77. The molecule has 0 radical (unpaired) electrons. The van der Waals surface area contributed by atoms with Gasteiger partial charge in [0.15, 0.2) is 0 Å². The summed E-state index contributed by atoms with van der Waals surface area (Å²) in [6, 6.07) is 17.7. The first kappa shape index (κ1) is 28.2. The number of ether oxygens (including phenoxy) is 1. The average Bonchev–Trinajstić information content (AvgIpc) is 3.11. The zero-order chi connectivity index (χ0) is 29.8. The van der Waals surface area contributed by atoms with E-state index in [1.54, 1.807) is 36.4 Å². The number of benzene rings is 3. The van der Waals surface area contributed by atoms with Crippen LogP contribution in [0.15, 0.2) is 65.6 Å². The maximum absolute atomic E-state index is 13.5. The Hall–Kier alpha value is -3.56. The molecule has 3 atom stereocenters. The van der Waals surface area contributed by atoms with Crippen molar-refractivity contribution in [1.82, 2.24) is 10.0 Å². The fourth-order valence-electron chi connectivity index (χ4n) is 7.27. The summed E-state index contributed by atoms with van der Waals surface area (Å²) in [5.74, 6) is 0.386. The van der Waals surface area contributed by atoms with Gasteiger partial charge < -0.3 is 15.0 Å². The van der Waals surface area contributed by atoms with Crippen molar-refractivity contribution in [3.8, 4) is 5.75 Å². The van der Waals surface area contributed by atoms with Crippen molar-refractivity contribution in [3.63, 3.8) is 0 Å². The van der Waals surface area contributed by atoms with Crippen LogP contribution >= 0.6 is 11.6 Å². The van der Waals surface area contributed by atoms with Gasteiger partial charge in [0, 0.05) is 35.6 Å². The van der Waals surface area contributed by atoms with Crippen LogP contribution in [0.3, 0.4) is 0 Å². The number of nitrogens with one attached hydrogen (secondary N) is 2. The lowest BCUT2D eigenvalue weighted by molar-refractivity contribution is -0.118. The number of aryl methyl sites for hydroxylation is 1. The number of fused-ring (bicyclic) bond motifs is 6. The second-order valence-corrected chi connectivity index (χ2v) is 14.6. The van der Waals surface area contributed by atoms with Gasteiger partial charge in [0.25, 0.3) is 15.9 Å². The SMILES string of the molecule is O=C1Cc2cccc(c2)C(=O)NC[C@@H]2CC[C@H]2CN2C[C@@]3(CCCc4cc(Cl)ccc43)COc3ccc(cc32)S(=O)(=O)N1. The first-order valence-electron chi connectivity index (χ1n) is 14.9. The highest BCUT2D eigenvalue weighted by Gasteiger charge is 2.43. The fraction of sp³-hybridized carbons (Fsp3) is 0.394. The Kier molecular flexibility index (Phi) is 7.13. The van der Waals surface area contributed by atoms with Crippen LogP contribution in [0.2, 0.25) is 5.02 Å². The van der Waals surface area contributed by atoms with Gasteiger partial charge in [-0.1, -0.05) is 29.8 Å². The second kappa shape index (κ2) is 10.9. The van der Waals surface area contributed by atoms with Crippen molar-refractivity contribution in [2.24, 2.45) is 11.8 Å². The molecule has 0 unspecified atom stereocenters. The lowest BCUT2D eigenvalue weighted by Gasteiger charge is -2.44. The summed E-state index contributed by atoms with van der Waals surface area (Å²) in [5, 5.41) is 3.82. The summed E-state index contributed by atoms with van der Waals surface area (Å²) in [4.78, 5) is 28.2. The van der Waals surface area contributed by atoms with Crippen LogP contribution < -0.4 is 19.7 Å². The molecule has 8 nitrogen and oxygen atoms in total. The molecule has 0 saturated heterocycles. The van der Waals surface area contributed by atoms with E-state index in [4.69, 9.17) is 16.3 Å². The Balaban J connectivity index is 1.29. The molecule has 2 N–H and O–H groups in total. The van der Waals surface area contributed by atoms with Gasteiger partial charge in [0.1, 0.15) is 5.75 Å². The highest BCUT2D eigenvalue weighted by atomic mass is 35.5. The number of halogens is 1. The van der Waals surface area contributed by atoms with E-state index < -0.39 is 15.9 Å². The van der Waals surface area contributed by atoms with Crippen molar-refractivity contribution in [2.75, 3.05) is 31.1 Å². The minimum Gasteiger partial charge on any atom is -0.490 e. The first-order chi connectivity index (χ1) is 20.7. The van der Waals surface area contributed by atoms with Crippen molar-refractivity contribution in [1.29, 1.82) is 0 Å². The normalized spacial score (nSPS) is 26.4. The molecule has 2 heterocycles. The Morgan fingerprint density at radius 1 is 1.00 bits per heavy atom. The van der Waals surface area contributed by atoms with Gasteiger partial charge in [-0.05, 0) is 103 Å². The van der Waals surface area contributed by atoms with Crippen molar-refractivity contribution < 1.29 is 22.7 Å². The van der Waals surface area contributed by atoms with E-state index in [0.717, 1.165) is 37.1 Å². The number of carbonyl (C=O) groups excluding carboxylic acids is 2. The maximum atomic E-state index is 13.5. The second-order valence-electron chi connectivity index (χ2n) is 12.4. The molecule has 7 rings (SSSR count). The van der Waals surface area contributed by atoms with Gasteiger partial charge in [-0.25, -0.2) is 13.1 Å². The number of nitrogens with zero attached hydrogens (tertiary/aromatic N) is 1. The third kappa shape index (κ3) is 5.38. The molecule has 1 spiro atoms. The number of anilines is 1. The highest BCUT2D eigenvalue weighted by molar-refractivity contribution is 7.90. The van der Waals surface area contributed by atoms with Crippen molar-refractivity contribution >= 4 is 39.1 Å². The van der Waals surface area contributed by atoms with Gasteiger partial charge in [0.2, 0.25) is 5.91 Å². The molecule has 3 aromatic carbocycles. The monoisotopic (exact) mass is 619 g/mol. The topological polar surface area (TPSA) is 105 Å². The lowest BCUT2D eigenvalue weighted by Crippen LogP contribution is -2.49. The highest BCUT2D eigenvalue weighted by Crippen LogP contribution is 2.46. The molecule has 224 valence electrons. The van der Waals surface area contributed by atoms with Gasteiger partial charge in [-0.2, -0.15) is 0 Å². The van der Waals surface area contributed by atoms with Crippen LogP contribution in [0.4, 0.5) is 5.69 Å². The number of rotatable bonds is 0. The van der Waals surface area contributed by atoms with Crippen LogP contribution in [0.5, 0.6) is 5.75 Å². The van der Waals surface area contributed by atoms with E-state index in [1.807, 2.05) is 6.07 Å². The number of hydrogen-bond acceptors (Lipinski definition) is 6. The zero-order valence-electron chi connectivity index (χ0n) is 23.8. The van der Waals surface area contributed by atoms with Crippen LogP contribution in [-0.4, -0.2) is 46.5 Å². The number of sulfonamides is 1. The molecule has 1 saturated carbocycles. The van der Waals surface area contributed by atoms with E-state index >= 15 is 0 Å². The maximum Gasteiger partial charge on any atom is 0.264 e. The van der Waals surface area contributed by atoms with Gasteiger partial charge in [0.05, 0.1) is 23.6 Å². The zero-order valence-corrected chi connectivity index (χ0v) is 25.3. The molecular formula is C33H34ClN3O5S. The quantitative estimate of drug-likeness (QED) is 0.380. The number of amides is 2. The van der Waals surface area contributed by atoms with E-state index in [1.165, 1.54) is 17.2 Å². The van der Waals surface area contributed by atoms with Gasteiger partial charge >= 0.3 is 0 Å². The van der Waals surface area contributed by atoms with Crippen molar-refractivity contribution in [3.05, 3.63) is 87.9 Å². The molecule has 10 heteroatoms. The third-order valence-electron chi connectivity index (χ3n) is 9.68. The standard InChI is InChI=1S/C33H34ClN3O5S/c34-26-8-10-28-22(15-26)5-2-12-33(28)19-37-18-25-7-6-24(25)17-35-32(39)23-4-1-3-21(13-23)14-31(38)36-43(40,41)27-9-11-30(42-20-33)29(37)16-27/h1,3-4,8-11,13,15-16,24-25H,2,5-7,12,14,17-20H2,(H,35,39)(H,36,38)/t24-,25-,33-/m0/s1. The van der Waals surface area contributed by atoms with Crippen molar-refractivity contribution in [2.45, 2.75) is 48.8 Å². The first-order valence-corrected chi connectivity index (χ1v) is 16.8. The molecule has 4 bridgehead atoms. The van der Waals surface area contributed by atoms with Crippen LogP contribution in [-0.2, 0) is 33.1 Å². The molecule has 1 fully saturated rings. The summed E-state index contributed by atoms with van der Waals surface area (Å²) in [5.41, 5.74) is 3.90. The predicted octanol–water partition coefficient (Wildman–Crippen LogP) is 4.63. The molecule has 2 aliphatic heterocycles. The third-order valence-corrected chi connectivity index (χ3v) is 11.3. The molecule has 3 aromatic rings. The minimum atomic E-state index is -4.16. The Bertz CT molecular complexity index is 1730. The Labute approximate surface area is 256 Å². The predicted molar refractivity (Wildman–Crippen MR) is 164 cm³/mol. The molecule has 0 aromatic heterocycles. The van der Waals surface area contributed by atoms with E-state index in [-0.39, 0.29) is 22.6 Å². The van der Waals surface area contributed by atoms with Crippen LogP contribution in [0.1, 0.15) is 52.7 Å². The lowest BCUT2D eigenvalue weighted by atomic mass is 9.69. The molecule has 43 heavy (non-hydrogen) atoms. The largest absolute Gasteiger partial charge is 0.490 e. The van der Waals surface area contributed by atoms with Gasteiger partial charge in [-0.15, -0.1) is 0 Å². The van der Waals surface area contributed by atoms with Crippen LogP contribution in [0.25, 0.3) is 0 Å². The average molecular weight is 620 g/mol. The molecule has 2 aliphatic carbocycles. The van der Waals surface area contributed by atoms with Crippen LogP contribution in [0, 0.1) is 11.8 Å².